The molecule has 3 rings (SSSR count). The molecule has 1 N–H and O–H groups in total. The van der Waals surface area contributed by atoms with Crippen LogP contribution in [0.1, 0.15) is 22.3 Å². The van der Waals surface area contributed by atoms with E-state index in [-0.39, 0.29) is 0 Å². The highest BCUT2D eigenvalue weighted by atomic mass is 16.5. The minimum absolute atomic E-state index is 0.525. The van der Waals surface area contributed by atoms with Crippen molar-refractivity contribution in [3.63, 3.8) is 0 Å². The van der Waals surface area contributed by atoms with Crippen LogP contribution in [0.4, 0.5) is 5.69 Å². The van der Waals surface area contributed by atoms with Gasteiger partial charge in [-0.3, -0.25) is 0 Å². The lowest BCUT2D eigenvalue weighted by Crippen LogP contribution is -2.03. The number of ether oxygens (including phenoxy) is 2. The molecule has 0 aliphatic rings. The van der Waals surface area contributed by atoms with Gasteiger partial charge in [0.1, 0.15) is 6.61 Å². The van der Waals surface area contributed by atoms with Gasteiger partial charge in [-0.05, 0) is 54.3 Å². The number of benzene rings is 3. The highest BCUT2D eigenvalue weighted by molar-refractivity contribution is 5.54. The quantitative estimate of drug-likeness (QED) is 0.612. The third-order valence-corrected chi connectivity index (χ3v) is 4.55. The van der Waals surface area contributed by atoms with Crippen molar-refractivity contribution >= 4 is 5.69 Å². The minimum atomic E-state index is 0.525. The van der Waals surface area contributed by atoms with E-state index < -0.39 is 0 Å². The van der Waals surface area contributed by atoms with Crippen LogP contribution in [0.25, 0.3) is 0 Å². The summed E-state index contributed by atoms with van der Waals surface area (Å²) in [5.41, 5.74) is 6.01. The van der Waals surface area contributed by atoms with E-state index in [1.54, 1.807) is 7.11 Å². The molecule has 0 radical (unpaired) electrons. The summed E-state index contributed by atoms with van der Waals surface area (Å²) in [5.74, 6) is 1.51. The van der Waals surface area contributed by atoms with E-state index in [1.807, 2.05) is 30.3 Å². The molecule has 0 aliphatic heterocycles. The number of hydrogen-bond acceptors (Lipinski definition) is 3. The molecule has 0 spiro atoms. The van der Waals surface area contributed by atoms with Crippen LogP contribution in [0.15, 0.2) is 66.7 Å². The molecule has 0 heterocycles. The van der Waals surface area contributed by atoms with Crippen molar-refractivity contribution in [2.24, 2.45) is 0 Å². The van der Waals surface area contributed by atoms with Gasteiger partial charge in [-0.25, -0.2) is 0 Å². The Kier molecular flexibility index (Phi) is 5.80. The Labute approximate surface area is 155 Å². The van der Waals surface area contributed by atoms with E-state index in [1.165, 1.54) is 11.1 Å². The van der Waals surface area contributed by atoms with Crippen LogP contribution in [0, 0.1) is 13.8 Å². The summed E-state index contributed by atoms with van der Waals surface area (Å²) < 4.78 is 11.4. The monoisotopic (exact) mass is 347 g/mol. The molecule has 0 atom stereocenters. The number of nitrogens with one attached hydrogen (secondary N) is 1. The Balaban J connectivity index is 1.67. The summed E-state index contributed by atoms with van der Waals surface area (Å²) in [6.45, 7) is 5.53. The first kappa shape index (κ1) is 17.9. The second kappa shape index (κ2) is 8.43. The van der Waals surface area contributed by atoms with Gasteiger partial charge >= 0.3 is 0 Å². The van der Waals surface area contributed by atoms with Gasteiger partial charge in [-0.2, -0.15) is 0 Å². The molecule has 3 nitrogen and oxygen atoms in total. The number of anilines is 1. The maximum absolute atomic E-state index is 5.92. The first-order valence-electron chi connectivity index (χ1n) is 8.81. The molecule has 0 amide bonds. The van der Waals surface area contributed by atoms with Gasteiger partial charge in [0.15, 0.2) is 11.5 Å². The fourth-order valence-electron chi connectivity index (χ4n) is 2.82. The topological polar surface area (TPSA) is 30.5 Å². The van der Waals surface area contributed by atoms with Gasteiger partial charge < -0.3 is 14.8 Å². The average Bonchev–Trinajstić information content (AvgIpc) is 2.68. The first-order chi connectivity index (χ1) is 12.7. The van der Waals surface area contributed by atoms with Crippen molar-refractivity contribution in [2.45, 2.75) is 27.0 Å². The highest BCUT2D eigenvalue weighted by Gasteiger charge is 2.07. The SMILES string of the molecule is COc1cc(CNc2cccc(C)c2C)ccc1OCc1ccccc1. The van der Waals surface area contributed by atoms with Gasteiger partial charge in [0.2, 0.25) is 0 Å². The zero-order valence-corrected chi connectivity index (χ0v) is 15.6. The molecule has 0 bridgehead atoms. The van der Waals surface area contributed by atoms with Crippen molar-refractivity contribution in [2.75, 3.05) is 12.4 Å². The van der Waals surface area contributed by atoms with Crippen molar-refractivity contribution in [1.82, 2.24) is 0 Å². The first-order valence-corrected chi connectivity index (χ1v) is 8.81. The normalized spacial score (nSPS) is 10.4. The van der Waals surface area contributed by atoms with Crippen LogP contribution in [0.5, 0.6) is 11.5 Å². The Hall–Kier alpha value is -2.94. The molecule has 0 aromatic heterocycles. The predicted molar refractivity (Wildman–Crippen MR) is 107 cm³/mol. The van der Waals surface area contributed by atoms with Crippen LogP contribution in [-0.2, 0) is 13.2 Å². The minimum Gasteiger partial charge on any atom is -0.493 e. The lowest BCUT2D eigenvalue weighted by atomic mass is 10.1. The molecule has 0 saturated carbocycles. The number of aryl methyl sites for hydroxylation is 1. The lowest BCUT2D eigenvalue weighted by molar-refractivity contribution is 0.284. The lowest BCUT2D eigenvalue weighted by Gasteiger charge is -2.14. The Bertz CT molecular complexity index is 859. The molecule has 3 aromatic carbocycles. The third kappa shape index (κ3) is 4.37. The number of methoxy groups -OCH3 is 1. The van der Waals surface area contributed by atoms with Crippen molar-refractivity contribution in [1.29, 1.82) is 0 Å². The summed E-state index contributed by atoms with van der Waals surface area (Å²) in [7, 11) is 1.67. The van der Waals surface area contributed by atoms with E-state index >= 15 is 0 Å². The zero-order valence-electron chi connectivity index (χ0n) is 15.6. The molecule has 3 aromatic rings. The van der Waals surface area contributed by atoms with Crippen LogP contribution in [0.2, 0.25) is 0 Å². The second-order valence-electron chi connectivity index (χ2n) is 6.36. The van der Waals surface area contributed by atoms with E-state index in [2.05, 4.69) is 55.6 Å². The molecule has 0 unspecified atom stereocenters. The summed E-state index contributed by atoms with van der Waals surface area (Å²) in [6.07, 6.45) is 0. The standard InChI is InChI=1S/C23H25NO2/c1-17-8-7-11-21(18(17)2)24-15-20-12-13-22(23(14-20)25-3)26-16-19-9-5-4-6-10-19/h4-14,24H,15-16H2,1-3H3. The Morgan fingerprint density at radius 1 is 0.808 bits per heavy atom. The van der Waals surface area contributed by atoms with Crippen LogP contribution >= 0.6 is 0 Å². The van der Waals surface area contributed by atoms with Crippen molar-refractivity contribution < 1.29 is 9.47 Å². The van der Waals surface area contributed by atoms with Gasteiger partial charge in [-0.1, -0.05) is 48.5 Å². The Morgan fingerprint density at radius 2 is 1.62 bits per heavy atom. The van der Waals surface area contributed by atoms with Crippen LogP contribution in [-0.4, -0.2) is 7.11 Å². The molecule has 3 heteroatoms. The predicted octanol–water partition coefficient (Wildman–Crippen LogP) is 5.50. The molecular weight excluding hydrogens is 322 g/mol. The summed E-state index contributed by atoms with van der Waals surface area (Å²) in [5, 5.41) is 3.50. The Morgan fingerprint density at radius 3 is 2.38 bits per heavy atom. The summed E-state index contributed by atoms with van der Waals surface area (Å²) in [4.78, 5) is 0. The van der Waals surface area contributed by atoms with Gasteiger partial charge in [0, 0.05) is 12.2 Å². The summed E-state index contributed by atoms with van der Waals surface area (Å²) >= 11 is 0. The van der Waals surface area contributed by atoms with Crippen LogP contribution in [0.3, 0.4) is 0 Å². The molecule has 26 heavy (non-hydrogen) atoms. The van der Waals surface area contributed by atoms with E-state index in [0.717, 1.165) is 34.9 Å². The number of hydrogen-bond donors (Lipinski definition) is 1. The van der Waals surface area contributed by atoms with Crippen molar-refractivity contribution in [3.05, 3.63) is 89.0 Å². The zero-order chi connectivity index (χ0) is 18.4. The fourth-order valence-corrected chi connectivity index (χ4v) is 2.82. The van der Waals surface area contributed by atoms with Crippen LogP contribution < -0.4 is 14.8 Å². The molecule has 134 valence electrons. The largest absolute Gasteiger partial charge is 0.493 e. The fraction of sp³-hybridized carbons (Fsp3) is 0.217. The molecule has 0 saturated heterocycles. The maximum Gasteiger partial charge on any atom is 0.161 e. The van der Waals surface area contributed by atoms with E-state index in [9.17, 15) is 0 Å². The molecule has 0 fully saturated rings. The van der Waals surface area contributed by atoms with E-state index in [4.69, 9.17) is 9.47 Å². The van der Waals surface area contributed by atoms with Gasteiger partial charge in [-0.15, -0.1) is 0 Å². The third-order valence-electron chi connectivity index (χ3n) is 4.55. The highest BCUT2D eigenvalue weighted by Crippen LogP contribution is 2.29. The number of rotatable bonds is 7. The smallest absolute Gasteiger partial charge is 0.161 e. The maximum atomic E-state index is 5.92. The molecular formula is C23H25NO2. The van der Waals surface area contributed by atoms with Gasteiger partial charge in [0.25, 0.3) is 0 Å². The van der Waals surface area contributed by atoms with E-state index in [0.29, 0.717) is 6.61 Å². The average molecular weight is 347 g/mol. The molecule has 0 aliphatic carbocycles. The second-order valence-corrected chi connectivity index (χ2v) is 6.36. The summed E-state index contributed by atoms with van der Waals surface area (Å²) in [6, 6.07) is 22.5. The van der Waals surface area contributed by atoms with Gasteiger partial charge in [0.05, 0.1) is 7.11 Å². The van der Waals surface area contributed by atoms with Crippen molar-refractivity contribution in [3.8, 4) is 11.5 Å².